The van der Waals surface area contributed by atoms with E-state index < -0.39 is 0 Å². The Balaban J connectivity index is 3.39. The summed E-state index contributed by atoms with van der Waals surface area (Å²) in [6.07, 6.45) is 0.780. The van der Waals surface area contributed by atoms with Crippen LogP contribution in [0.5, 0.6) is 0 Å². The minimum absolute atomic E-state index is 0.456. The van der Waals surface area contributed by atoms with Crippen molar-refractivity contribution in [3.05, 3.63) is 28.8 Å². The van der Waals surface area contributed by atoms with E-state index in [0.717, 1.165) is 12.0 Å². The fourth-order valence-electron chi connectivity index (χ4n) is 1.12. The first-order valence-corrected chi connectivity index (χ1v) is 4.33. The second-order valence-corrected chi connectivity index (χ2v) is 3.09. The predicted molar refractivity (Wildman–Crippen MR) is 52.5 cm³/mol. The number of thiol groups is 1. The molecule has 0 aliphatic heterocycles. The first kappa shape index (κ1) is 9.64. The maximum absolute atomic E-state index is 8.78. The number of nitriles is 2. The monoisotopic (exact) mass is 188 g/mol. The van der Waals surface area contributed by atoms with Gasteiger partial charge in [-0.15, -0.1) is 12.6 Å². The minimum Gasteiger partial charge on any atom is -0.192 e. The third-order valence-corrected chi connectivity index (χ3v) is 2.21. The van der Waals surface area contributed by atoms with Gasteiger partial charge in [-0.3, -0.25) is 0 Å². The van der Waals surface area contributed by atoms with E-state index in [1.165, 1.54) is 0 Å². The van der Waals surface area contributed by atoms with Crippen LogP contribution in [0.15, 0.2) is 17.0 Å². The number of hydrogen-bond acceptors (Lipinski definition) is 3. The number of rotatable bonds is 1. The summed E-state index contributed by atoms with van der Waals surface area (Å²) in [6, 6.07) is 7.42. The Morgan fingerprint density at radius 1 is 1.23 bits per heavy atom. The molecule has 0 aliphatic rings. The zero-order chi connectivity index (χ0) is 9.84. The molecule has 13 heavy (non-hydrogen) atoms. The van der Waals surface area contributed by atoms with Crippen molar-refractivity contribution in [2.45, 2.75) is 18.2 Å². The van der Waals surface area contributed by atoms with Crippen LogP contribution >= 0.6 is 12.6 Å². The zero-order valence-corrected chi connectivity index (χ0v) is 8.10. The molecular formula is C10H8N2S. The van der Waals surface area contributed by atoms with Gasteiger partial charge in [0, 0.05) is 4.90 Å². The highest BCUT2D eigenvalue weighted by Crippen LogP contribution is 2.19. The summed E-state index contributed by atoms with van der Waals surface area (Å²) in [7, 11) is 0. The Labute approximate surface area is 82.8 Å². The lowest BCUT2D eigenvalue weighted by Crippen LogP contribution is -1.90. The summed E-state index contributed by atoms with van der Waals surface area (Å²) in [5.74, 6) is 0. The lowest BCUT2D eigenvalue weighted by atomic mass is 10.0. The molecule has 3 heteroatoms. The van der Waals surface area contributed by atoms with Crippen LogP contribution in [-0.4, -0.2) is 0 Å². The van der Waals surface area contributed by atoms with Gasteiger partial charge in [-0.2, -0.15) is 10.5 Å². The molecule has 1 rings (SSSR count). The SMILES string of the molecule is CCc1cc(S)c(C#N)cc1C#N. The smallest absolute Gasteiger partial charge is 0.100 e. The van der Waals surface area contributed by atoms with Crippen molar-refractivity contribution in [2.24, 2.45) is 0 Å². The van der Waals surface area contributed by atoms with E-state index in [1.54, 1.807) is 12.1 Å². The largest absolute Gasteiger partial charge is 0.192 e. The van der Waals surface area contributed by atoms with Gasteiger partial charge < -0.3 is 0 Å². The van der Waals surface area contributed by atoms with Crippen molar-refractivity contribution in [2.75, 3.05) is 0 Å². The average molecular weight is 188 g/mol. The Hall–Kier alpha value is -1.45. The van der Waals surface area contributed by atoms with E-state index in [4.69, 9.17) is 10.5 Å². The lowest BCUT2D eigenvalue weighted by Gasteiger charge is -2.02. The molecule has 0 spiro atoms. The number of nitrogens with zero attached hydrogens (tertiary/aromatic N) is 2. The molecule has 1 aromatic rings. The van der Waals surface area contributed by atoms with E-state index in [9.17, 15) is 0 Å². The van der Waals surface area contributed by atoms with Crippen LogP contribution in [0, 0.1) is 22.7 Å². The molecule has 0 saturated heterocycles. The van der Waals surface area contributed by atoms with E-state index in [1.807, 2.05) is 13.0 Å². The maximum atomic E-state index is 8.78. The molecule has 0 bridgehead atoms. The van der Waals surface area contributed by atoms with Crippen LogP contribution in [0.2, 0.25) is 0 Å². The number of benzene rings is 1. The van der Waals surface area contributed by atoms with Gasteiger partial charge in [-0.05, 0) is 24.1 Å². The maximum Gasteiger partial charge on any atom is 0.100 e. The van der Waals surface area contributed by atoms with E-state index >= 15 is 0 Å². The van der Waals surface area contributed by atoms with E-state index in [0.29, 0.717) is 16.0 Å². The third kappa shape index (κ3) is 1.83. The summed E-state index contributed by atoms with van der Waals surface area (Å²) in [5.41, 5.74) is 1.96. The third-order valence-electron chi connectivity index (χ3n) is 1.84. The molecule has 1 aromatic carbocycles. The average Bonchev–Trinajstić information content (AvgIpc) is 2.17. The van der Waals surface area contributed by atoms with Gasteiger partial charge in [0.25, 0.3) is 0 Å². The second-order valence-electron chi connectivity index (χ2n) is 2.60. The highest BCUT2D eigenvalue weighted by Gasteiger charge is 2.05. The highest BCUT2D eigenvalue weighted by molar-refractivity contribution is 7.80. The van der Waals surface area contributed by atoms with Gasteiger partial charge in [0.2, 0.25) is 0 Å². The number of aryl methyl sites for hydroxylation is 1. The Morgan fingerprint density at radius 3 is 2.31 bits per heavy atom. The highest BCUT2D eigenvalue weighted by atomic mass is 32.1. The van der Waals surface area contributed by atoms with Crippen molar-refractivity contribution in [3.63, 3.8) is 0 Å². The van der Waals surface area contributed by atoms with Gasteiger partial charge in [-0.1, -0.05) is 6.92 Å². The molecule has 0 fully saturated rings. The van der Waals surface area contributed by atoms with E-state index in [-0.39, 0.29) is 0 Å². The summed E-state index contributed by atoms with van der Waals surface area (Å²) >= 11 is 4.16. The van der Waals surface area contributed by atoms with Gasteiger partial charge >= 0.3 is 0 Å². The van der Waals surface area contributed by atoms with Gasteiger partial charge in [0.05, 0.1) is 17.2 Å². The molecule has 0 aromatic heterocycles. The Morgan fingerprint density at radius 2 is 1.85 bits per heavy atom. The molecule has 0 unspecified atom stereocenters. The number of hydrogen-bond donors (Lipinski definition) is 1. The summed E-state index contributed by atoms with van der Waals surface area (Å²) in [4.78, 5) is 0.637. The fraction of sp³-hybridized carbons (Fsp3) is 0.200. The van der Waals surface area contributed by atoms with Crippen LogP contribution in [0.4, 0.5) is 0 Å². The Bertz CT molecular complexity index is 410. The van der Waals surface area contributed by atoms with Crippen LogP contribution in [-0.2, 0) is 6.42 Å². The summed E-state index contributed by atoms with van der Waals surface area (Å²) in [5, 5.41) is 17.5. The van der Waals surface area contributed by atoms with Crippen LogP contribution in [0.25, 0.3) is 0 Å². The summed E-state index contributed by atoms with van der Waals surface area (Å²) < 4.78 is 0. The zero-order valence-electron chi connectivity index (χ0n) is 7.20. The van der Waals surface area contributed by atoms with Gasteiger partial charge in [0.15, 0.2) is 0 Å². The lowest BCUT2D eigenvalue weighted by molar-refractivity contribution is 1.11. The molecule has 2 nitrogen and oxygen atoms in total. The Kier molecular flexibility index (Phi) is 2.95. The van der Waals surface area contributed by atoms with Gasteiger partial charge in [0.1, 0.15) is 6.07 Å². The van der Waals surface area contributed by atoms with Crippen LogP contribution in [0.1, 0.15) is 23.6 Å². The van der Waals surface area contributed by atoms with Crippen LogP contribution < -0.4 is 0 Å². The van der Waals surface area contributed by atoms with Crippen molar-refractivity contribution in [1.29, 1.82) is 10.5 Å². The van der Waals surface area contributed by atoms with Crippen molar-refractivity contribution in [3.8, 4) is 12.1 Å². The first-order valence-electron chi connectivity index (χ1n) is 3.89. The quantitative estimate of drug-likeness (QED) is 0.687. The molecular weight excluding hydrogens is 180 g/mol. The van der Waals surface area contributed by atoms with Crippen molar-refractivity contribution >= 4 is 12.6 Å². The minimum atomic E-state index is 0.456. The topological polar surface area (TPSA) is 47.6 Å². The molecule has 0 saturated carbocycles. The van der Waals surface area contributed by atoms with Crippen molar-refractivity contribution in [1.82, 2.24) is 0 Å². The molecule has 0 aliphatic carbocycles. The standard InChI is InChI=1S/C10H8N2S/c1-2-7-4-10(13)9(6-12)3-8(7)5-11/h3-4,13H,2H2,1H3. The molecule has 0 heterocycles. The van der Waals surface area contributed by atoms with Gasteiger partial charge in [-0.25, -0.2) is 0 Å². The molecule has 64 valence electrons. The van der Waals surface area contributed by atoms with Crippen molar-refractivity contribution < 1.29 is 0 Å². The van der Waals surface area contributed by atoms with Crippen LogP contribution in [0.3, 0.4) is 0 Å². The summed E-state index contributed by atoms with van der Waals surface area (Å²) in [6.45, 7) is 1.97. The second kappa shape index (κ2) is 3.98. The molecule has 0 amide bonds. The molecule has 0 radical (unpaired) electrons. The first-order chi connectivity index (χ1) is 6.22. The normalized spacial score (nSPS) is 8.92. The predicted octanol–water partition coefficient (Wildman–Crippen LogP) is 2.28. The molecule has 0 atom stereocenters. The van der Waals surface area contributed by atoms with E-state index in [2.05, 4.69) is 18.7 Å². The fourth-order valence-corrected chi connectivity index (χ4v) is 1.39. The molecule has 0 N–H and O–H groups in total.